The van der Waals surface area contributed by atoms with E-state index in [0.29, 0.717) is 18.3 Å². The number of carbonyl (C=O) groups is 1. The van der Waals surface area contributed by atoms with Gasteiger partial charge < -0.3 is 14.8 Å². The smallest absolute Gasteiger partial charge is 0.276 e. The molecule has 0 aromatic heterocycles. The molecule has 2 rings (SSSR count). The first-order valence-electron chi connectivity index (χ1n) is 8.14. The third kappa shape index (κ3) is 5.65. The number of ether oxygens (including phenoxy) is 2. The summed E-state index contributed by atoms with van der Waals surface area (Å²) in [5, 5.41) is 4.98. The highest BCUT2D eigenvalue weighted by molar-refractivity contribution is 7.80. The highest BCUT2D eigenvalue weighted by Gasteiger charge is 2.13. The predicted molar refractivity (Wildman–Crippen MR) is 97.0 cm³/mol. The fourth-order valence-corrected chi connectivity index (χ4v) is 2.74. The summed E-state index contributed by atoms with van der Waals surface area (Å²) >= 11 is 5.19. The number of nitrogens with one attached hydrogen (secondary N) is 2. The average molecular weight is 351 g/mol. The van der Waals surface area contributed by atoms with Crippen LogP contribution in [0.3, 0.4) is 0 Å². The number of carbonyl (C=O) groups excluding carboxylic acids is 1. The number of fused-ring (bicyclic) bond motifs is 1. The summed E-state index contributed by atoms with van der Waals surface area (Å²) in [6, 6.07) is 6.03. The minimum absolute atomic E-state index is 0.0462. The number of methoxy groups -OCH3 is 1. The normalized spacial score (nSPS) is 12.4. The number of hydrogen-bond acceptors (Lipinski definition) is 4. The minimum atomic E-state index is -0.251. The number of rotatable bonds is 7. The van der Waals surface area contributed by atoms with Crippen molar-refractivity contribution in [2.75, 3.05) is 33.9 Å². The van der Waals surface area contributed by atoms with Crippen LogP contribution in [0.5, 0.6) is 5.75 Å². The Morgan fingerprint density at radius 1 is 1.33 bits per heavy atom. The Bertz CT molecular complexity index is 580. The van der Waals surface area contributed by atoms with Gasteiger partial charge in [-0.1, -0.05) is 6.07 Å². The van der Waals surface area contributed by atoms with Gasteiger partial charge in [-0.25, -0.2) is 0 Å². The van der Waals surface area contributed by atoms with Gasteiger partial charge >= 0.3 is 0 Å². The van der Waals surface area contributed by atoms with E-state index < -0.39 is 0 Å². The summed E-state index contributed by atoms with van der Waals surface area (Å²) in [5.74, 6) is 0.479. The van der Waals surface area contributed by atoms with Crippen LogP contribution in [0.15, 0.2) is 18.2 Å². The van der Waals surface area contributed by atoms with Gasteiger partial charge in [0, 0.05) is 27.3 Å². The van der Waals surface area contributed by atoms with E-state index in [1.807, 2.05) is 12.1 Å². The maximum Gasteiger partial charge on any atom is 0.276 e. The summed E-state index contributed by atoms with van der Waals surface area (Å²) in [6.07, 6.45) is 4.26. The molecule has 0 spiro atoms. The lowest BCUT2D eigenvalue weighted by atomic mass is 10.1. The van der Waals surface area contributed by atoms with Crippen LogP contribution in [0.25, 0.3) is 0 Å². The first kappa shape index (κ1) is 18.5. The number of benzene rings is 1. The van der Waals surface area contributed by atoms with Gasteiger partial charge in [0.1, 0.15) is 5.75 Å². The summed E-state index contributed by atoms with van der Waals surface area (Å²) < 4.78 is 10.5. The predicted octanol–water partition coefficient (Wildman–Crippen LogP) is 1.43. The van der Waals surface area contributed by atoms with Crippen molar-refractivity contribution in [2.45, 2.75) is 25.7 Å². The van der Waals surface area contributed by atoms with Crippen molar-refractivity contribution in [3.63, 3.8) is 0 Å². The first-order chi connectivity index (χ1) is 11.6. The number of thiocarbonyl (C=S) groups is 1. The molecule has 1 amide bonds. The molecule has 0 atom stereocenters. The van der Waals surface area contributed by atoms with Gasteiger partial charge in [-0.05, 0) is 61.2 Å². The largest absolute Gasteiger partial charge is 0.484 e. The molecule has 2 N–H and O–H groups in total. The minimum Gasteiger partial charge on any atom is -0.484 e. The van der Waals surface area contributed by atoms with Gasteiger partial charge in [0.2, 0.25) is 0 Å². The molecule has 0 fully saturated rings. The zero-order valence-corrected chi connectivity index (χ0v) is 15.1. The zero-order valence-electron chi connectivity index (χ0n) is 14.3. The standard InChI is InChI=1S/C17H25N3O3S/c1-20(17(24)18-9-4-10-22-2)19-16(21)12-23-15-8-7-13-5-3-6-14(13)11-15/h7-8,11H,3-6,9-10,12H2,1-2H3,(H,18,24)(H,19,21). The monoisotopic (exact) mass is 351 g/mol. The molecule has 6 nitrogen and oxygen atoms in total. The Kier molecular flexibility index (Phi) is 7.27. The molecule has 0 heterocycles. The molecule has 1 aliphatic carbocycles. The Morgan fingerprint density at radius 3 is 2.92 bits per heavy atom. The van der Waals surface area contributed by atoms with E-state index in [1.54, 1.807) is 14.2 Å². The van der Waals surface area contributed by atoms with Crippen LogP contribution in [0.1, 0.15) is 24.0 Å². The first-order valence-corrected chi connectivity index (χ1v) is 8.55. The SMILES string of the molecule is COCCCNC(=S)N(C)NC(=O)COc1ccc2c(c1)CCC2. The number of amides is 1. The van der Waals surface area contributed by atoms with E-state index in [2.05, 4.69) is 16.8 Å². The zero-order chi connectivity index (χ0) is 17.4. The molecule has 0 bridgehead atoms. The van der Waals surface area contributed by atoms with Crippen molar-refractivity contribution in [2.24, 2.45) is 0 Å². The molecular weight excluding hydrogens is 326 g/mol. The maximum absolute atomic E-state index is 12.0. The number of hydrazine groups is 1. The van der Waals surface area contributed by atoms with Gasteiger partial charge in [-0.3, -0.25) is 15.2 Å². The second-order valence-electron chi connectivity index (χ2n) is 5.75. The van der Waals surface area contributed by atoms with Crippen LogP contribution in [0, 0.1) is 0 Å². The molecule has 1 aromatic rings. The maximum atomic E-state index is 12.0. The second-order valence-corrected chi connectivity index (χ2v) is 6.13. The molecule has 0 aliphatic heterocycles. The highest BCUT2D eigenvalue weighted by Crippen LogP contribution is 2.25. The van der Waals surface area contributed by atoms with Crippen molar-refractivity contribution in [3.8, 4) is 5.75 Å². The van der Waals surface area contributed by atoms with E-state index in [1.165, 1.54) is 22.6 Å². The van der Waals surface area contributed by atoms with Crippen molar-refractivity contribution >= 4 is 23.2 Å². The van der Waals surface area contributed by atoms with Crippen molar-refractivity contribution < 1.29 is 14.3 Å². The Balaban J connectivity index is 1.69. The third-order valence-corrected chi connectivity index (χ3v) is 4.26. The number of nitrogens with zero attached hydrogens (tertiary/aromatic N) is 1. The molecule has 0 unspecified atom stereocenters. The van der Waals surface area contributed by atoms with Crippen LogP contribution in [0.2, 0.25) is 0 Å². The van der Waals surface area contributed by atoms with E-state index >= 15 is 0 Å². The third-order valence-electron chi connectivity index (χ3n) is 3.84. The van der Waals surface area contributed by atoms with Crippen LogP contribution >= 0.6 is 12.2 Å². The fraction of sp³-hybridized carbons (Fsp3) is 0.529. The molecule has 0 saturated heterocycles. The molecule has 1 aromatic carbocycles. The summed E-state index contributed by atoms with van der Waals surface area (Å²) in [7, 11) is 3.35. The number of hydrogen-bond donors (Lipinski definition) is 2. The topological polar surface area (TPSA) is 62.8 Å². The van der Waals surface area contributed by atoms with Crippen LogP contribution in [0.4, 0.5) is 0 Å². The van der Waals surface area contributed by atoms with Crippen LogP contribution in [-0.4, -0.2) is 49.9 Å². The molecule has 132 valence electrons. The van der Waals surface area contributed by atoms with E-state index in [-0.39, 0.29) is 12.5 Å². The molecule has 7 heteroatoms. The molecule has 24 heavy (non-hydrogen) atoms. The van der Waals surface area contributed by atoms with Gasteiger partial charge in [0.25, 0.3) is 5.91 Å². The van der Waals surface area contributed by atoms with Crippen molar-refractivity contribution in [3.05, 3.63) is 29.3 Å². The van der Waals surface area contributed by atoms with E-state index in [4.69, 9.17) is 21.7 Å². The lowest BCUT2D eigenvalue weighted by molar-refractivity contribution is -0.126. The van der Waals surface area contributed by atoms with Crippen LogP contribution in [-0.2, 0) is 22.4 Å². The van der Waals surface area contributed by atoms with Gasteiger partial charge in [0.05, 0.1) is 0 Å². The van der Waals surface area contributed by atoms with Gasteiger partial charge in [-0.2, -0.15) is 0 Å². The van der Waals surface area contributed by atoms with E-state index in [0.717, 1.165) is 25.0 Å². The lowest BCUT2D eigenvalue weighted by Crippen LogP contribution is -2.49. The molecule has 0 saturated carbocycles. The van der Waals surface area contributed by atoms with Gasteiger partial charge in [-0.15, -0.1) is 0 Å². The Labute approximate surface area is 148 Å². The highest BCUT2D eigenvalue weighted by atomic mass is 32.1. The van der Waals surface area contributed by atoms with Crippen molar-refractivity contribution in [1.82, 2.24) is 15.8 Å². The fourth-order valence-electron chi connectivity index (χ4n) is 2.59. The second kappa shape index (κ2) is 9.44. The lowest BCUT2D eigenvalue weighted by Gasteiger charge is -2.21. The van der Waals surface area contributed by atoms with E-state index in [9.17, 15) is 4.79 Å². The quantitative estimate of drug-likeness (QED) is 0.440. The Hall–Kier alpha value is -1.86. The van der Waals surface area contributed by atoms with Gasteiger partial charge in [0.15, 0.2) is 11.7 Å². The van der Waals surface area contributed by atoms with Crippen LogP contribution < -0.4 is 15.5 Å². The molecule has 0 radical (unpaired) electrons. The summed E-state index contributed by atoms with van der Waals surface area (Å²) in [6.45, 7) is 1.31. The molecule has 1 aliphatic rings. The average Bonchev–Trinajstić information content (AvgIpc) is 3.04. The molecular formula is C17H25N3O3S. The number of aryl methyl sites for hydroxylation is 2. The Morgan fingerprint density at radius 2 is 2.12 bits per heavy atom. The summed E-state index contributed by atoms with van der Waals surface area (Å²) in [5.41, 5.74) is 5.39. The summed E-state index contributed by atoms with van der Waals surface area (Å²) in [4.78, 5) is 12.0. The van der Waals surface area contributed by atoms with Crippen molar-refractivity contribution in [1.29, 1.82) is 0 Å².